The normalized spacial score (nSPS) is 11.2. The number of rotatable bonds is 3. The van der Waals surface area contributed by atoms with Crippen molar-refractivity contribution in [1.82, 2.24) is 4.98 Å². The molecule has 4 N–H and O–H groups in total. The summed E-state index contributed by atoms with van der Waals surface area (Å²) in [6.07, 6.45) is 5.06. The Morgan fingerprint density at radius 3 is 2.56 bits per heavy atom. The number of carbonyl (C=O) groups excluding carboxylic acids is 1. The van der Waals surface area contributed by atoms with Crippen LogP contribution in [0.2, 0.25) is 0 Å². The Bertz CT molecular complexity index is 591. The van der Waals surface area contributed by atoms with Gasteiger partial charge in [0.05, 0.1) is 5.70 Å². The summed E-state index contributed by atoms with van der Waals surface area (Å²) in [5.74, 6) is -0.623. The van der Waals surface area contributed by atoms with E-state index in [4.69, 9.17) is 11.5 Å². The second-order valence-electron chi connectivity index (χ2n) is 3.83. The van der Waals surface area contributed by atoms with Crippen LogP contribution in [-0.2, 0) is 4.79 Å². The lowest BCUT2D eigenvalue weighted by Gasteiger charge is -2.03. The monoisotopic (exact) mass is 239 g/mol. The van der Waals surface area contributed by atoms with E-state index in [0.29, 0.717) is 0 Å². The first-order valence-electron chi connectivity index (χ1n) is 5.44. The molecule has 0 bridgehead atoms. The van der Waals surface area contributed by atoms with Crippen molar-refractivity contribution in [2.75, 3.05) is 0 Å². The topological polar surface area (TPSA) is 82.0 Å². The zero-order valence-corrected chi connectivity index (χ0v) is 9.71. The number of nitrogens with zero attached hydrogens (tertiary/aromatic N) is 1. The van der Waals surface area contributed by atoms with Crippen molar-refractivity contribution < 1.29 is 4.79 Å². The summed E-state index contributed by atoms with van der Waals surface area (Å²) < 4.78 is 0. The van der Waals surface area contributed by atoms with E-state index in [2.05, 4.69) is 4.98 Å². The second-order valence-corrected chi connectivity index (χ2v) is 3.83. The van der Waals surface area contributed by atoms with Crippen molar-refractivity contribution in [3.63, 3.8) is 0 Å². The summed E-state index contributed by atoms with van der Waals surface area (Å²) in [6, 6.07) is 11.5. The molecule has 0 atom stereocenters. The van der Waals surface area contributed by atoms with Gasteiger partial charge in [0.15, 0.2) is 0 Å². The molecule has 1 aromatic carbocycles. The number of amides is 1. The highest BCUT2D eigenvalue weighted by atomic mass is 16.1. The Morgan fingerprint density at radius 2 is 1.89 bits per heavy atom. The number of aromatic nitrogens is 1. The first-order valence-corrected chi connectivity index (χ1v) is 5.44. The molecule has 0 unspecified atom stereocenters. The van der Waals surface area contributed by atoms with Crippen molar-refractivity contribution in [2.45, 2.75) is 0 Å². The van der Waals surface area contributed by atoms with Crippen molar-refractivity contribution >= 4 is 12.0 Å². The van der Waals surface area contributed by atoms with Crippen molar-refractivity contribution in [3.05, 3.63) is 60.1 Å². The van der Waals surface area contributed by atoms with E-state index >= 15 is 0 Å². The van der Waals surface area contributed by atoms with Gasteiger partial charge in [-0.3, -0.25) is 9.78 Å². The minimum absolute atomic E-state index is 0.0401. The maximum absolute atomic E-state index is 10.9. The molecule has 2 rings (SSSR count). The quantitative estimate of drug-likeness (QED) is 0.797. The smallest absolute Gasteiger partial charge is 0.264 e. The number of primary amides is 1. The average molecular weight is 239 g/mol. The number of pyridine rings is 1. The number of carbonyl (C=O) groups is 1. The highest BCUT2D eigenvalue weighted by molar-refractivity contribution is 5.95. The lowest BCUT2D eigenvalue weighted by Crippen LogP contribution is -2.19. The average Bonchev–Trinajstić information content (AvgIpc) is 2.40. The molecule has 0 spiro atoms. The van der Waals surface area contributed by atoms with Gasteiger partial charge in [-0.2, -0.15) is 0 Å². The second kappa shape index (κ2) is 5.14. The fraction of sp³-hybridized carbons (Fsp3) is 0. The van der Waals surface area contributed by atoms with Gasteiger partial charge in [0, 0.05) is 18.0 Å². The number of hydrogen-bond acceptors (Lipinski definition) is 3. The summed E-state index contributed by atoms with van der Waals surface area (Å²) in [5.41, 5.74) is 13.5. The van der Waals surface area contributed by atoms with Crippen LogP contribution in [0.3, 0.4) is 0 Å². The van der Waals surface area contributed by atoms with Gasteiger partial charge in [-0.25, -0.2) is 0 Å². The van der Waals surface area contributed by atoms with E-state index in [-0.39, 0.29) is 5.70 Å². The predicted octanol–water partition coefficient (Wildman–Crippen LogP) is 1.53. The molecule has 1 aromatic heterocycles. The summed E-state index contributed by atoms with van der Waals surface area (Å²) >= 11 is 0. The van der Waals surface area contributed by atoms with Crippen LogP contribution in [0.5, 0.6) is 0 Å². The molecule has 0 aliphatic rings. The van der Waals surface area contributed by atoms with Crippen molar-refractivity contribution in [3.8, 4) is 11.1 Å². The predicted molar refractivity (Wildman–Crippen MR) is 71.0 cm³/mol. The number of benzene rings is 1. The van der Waals surface area contributed by atoms with Crippen LogP contribution in [0, 0.1) is 0 Å². The van der Waals surface area contributed by atoms with E-state index in [0.717, 1.165) is 16.7 Å². The Balaban J connectivity index is 2.37. The highest BCUT2D eigenvalue weighted by Gasteiger charge is 2.01. The van der Waals surface area contributed by atoms with Gasteiger partial charge in [0.1, 0.15) is 0 Å². The van der Waals surface area contributed by atoms with Crippen LogP contribution in [0.4, 0.5) is 0 Å². The van der Waals surface area contributed by atoms with Crippen LogP contribution in [0.25, 0.3) is 17.2 Å². The van der Waals surface area contributed by atoms with E-state index in [1.807, 2.05) is 36.4 Å². The van der Waals surface area contributed by atoms with Crippen LogP contribution in [-0.4, -0.2) is 10.9 Å². The largest absolute Gasteiger partial charge is 0.394 e. The Morgan fingerprint density at radius 1 is 1.11 bits per heavy atom. The van der Waals surface area contributed by atoms with Gasteiger partial charge >= 0.3 is 0 Å². The molecule has 1 heterocycles. The molecule has 0 aliphatic carbocycles. The third-order valence-corrected chi connectivity index (χ3v) is 2.49. The summed E-state index contributed by atoms with van der Waals surface area (Å²) in [7, 11) is 0. The molecular formula is C14H13N3O. The maximum atomic E-state index is 10.9. The summed E-state index contributed by atoms with van der Waals surface area (Å²) in [6.45, 7) is 0. The van der Waals surface area contributed by atoms with E-state index < -0.39 is 5.91 Å². The molecular weight excluding hydrogens is 226 g/mol. The summed E-state index contributed by atoms with van der Waals surface area (Å²) in [5, 5.41) is 0. The van der Waals surface area contributed by atoms with Gasteiger partial charge in [-0.15, -0.1) is 0 Å². The van der Waals surface area contributed by atoms with Gasteiger partial charge in [0.25, 0.3) is 5.91 Å². The molecule has 90 valence electrons. The standard InChI is InChI=1S/C14H13N3O/c15-13(14(16)18)8-10-3-1-4-11(7-10)12-5-2-6-17-9-12/h1-9H,15H2,(H2,16,18)/b13-8-. The minimum atomic E-state index is -0.623. The molecule has 0 saturated carbocycles. The molecule has 4 nitrogen and oxygen atoms in total. The van der Waals surface area contributed by atoms with E-state index in [1.165, 1.54) is 0 Å². The molecule has 0 fully saturated rings. The Kier molecular flexibility index (Phi) is 3.38. The van der Waals surface area contributed by atoms with Crippen LogP contribution in [0.15, 0.2) is 54.5 Å². The Hall–Kier alpha value is -2.62. The SMILES string of the molecule is NC(=O)/C(N)=C/c1cccc(-c2cccnc2)c1. The zero-order chi connectivity index (χ0) is 13.0. The zero-order valence-electron chi connectivity index (χ0n) is 9.71. The molecule has 0 radical (unpaired) electrons. The van der Waals surface area contributed by atoms with Gasteiger partial charge in [0.2, 0.25) is 0 Å². The molecule has 4 heteroatoms. The molecule has 0 saturated heterocycles. The Labute approximate surface area is 105 Å². The fourth-order valence-corrected chi connectivity index (χ4v) is 1.59. The van der Waals surface area contributed by atoms with Crippen molar-refractivity contribution in [1.29, 1.82) is 0 Å². The first kappa shape index (κ1) is 11.9. The fourth-order valence-electron chi connectivity index (χ4n) is 1.59. The lowest BCUT2D eigenvalue weighted by atomic mass is 10.0. The molecule has 18 heavy (non-hydrogen) atoms. The van der Waals surface area contributed by atoms with E-state index in [9.17, 15) is 4.79 Å². The van der Waals surface area contributed by atoms with Gasteiger partial charge in [-0.05, 0) is 29.3 Å². The first-order chi connectivity index (χ1) is 8.66. The lowest BCUT2D eigenvalue weighted by molar-refractivity contribution is -0.114. The third-order valence-electron chi connectivity index (χ3n) is 2.49. The number of nitrogens with two attached hydrogens (primary N) is 2. The van der Waals surface area contributed by atoms with E-state index in [1.54, 1.807) is 18.5 Å². The highest BCUT2D eigenvalue weighted by Crippen LogP contribution is 2.19. The maximum Gasteiger partial charge on any atom is 0.264 e. The molecule has 1 amide bonds. The van der Waals surface area contributed by atoms with Gasteiger partial charge < -0.3 is 11.5 Å². The third kappa shape index (κ3) is 2.74. The summed E-state index contributed by atoms with van der Waals surface area (Å²) in [4.78, 5) is 14.9. The van der Waals surface area contributed by atoms with Gasteiger partial charge in [-0.1, -0.05) is 24.3 Å². The van der Waals surface area contributed by atoms with Crippen LogP contribution >= 0.6 is 0 Å². The molecule has 2 aromatic rings. The van der Waals surface area contributed by atoms with Crippen molar-refractivity contribution in [2.24, 2.45) is 11.5 Å². The molecule has 0 aliphatic heterocycles. The van der Waals surface area contributed by atoms with Crippen LogP contribution < -0.4 is 11.5 Å². The van der Waals surface area contributed by atoms with Crippen LogP contribution in [0.1, 0.15) is 5.56 Å². The minimum Gasteiger partial charge on any atom is -0.394 e. The number of hydrogen-bond donors (Lipinski definition) is 2.